The van der Waals surface area contributed by atoms with Crippen molar-refractivity contribution in [1.29, 1.82) is 5.26 Å². The second kappa shape index (κ2) is 11.6. The second-order valence-electron chi connectivity index (χ2n) is 9.37. The zero-order valence-corrected chi connectivity index (χ0v) is 22.7. The Hall–Kier alpha value is -4.38. The van der Waals surface area contributed by atoms with Crippen LogP contribution in [0, 0.1) is 23.0 Å². The summed E-state index contributed by atoms with van der Waals surface area (Å²) >= 11 is 0. The first-order chi connectivity index (χ1) is 19.0. The summed E-state index contributed by atoms with van der Waals surface area (Å²) in [6, 6.07) is 7.94. The van der Waals surface area contributed by atoms with E-state index in [1.54, 1.807) is 0 Å². The van der Waals surface area contributed by atoms with Crippen LogP contribution in [-0.4, -0.2) is 31.0 Å². The van der Waals surface area contributed by atoms with Crippen molar-refractivity contribution in [2.75, 3.05) is 16.4 Å². The van der Waals surface area contributed by atoms with Gasteiger partial charge in [-0.1, -0.05) is 13.0 Å². The van der Waals surface area contributed by atoms with Crippen molar-refractivity contribution >= 4 is 33.0 Å². The number of hydrogen-bond donors (Lipinski definition) is 2. The molecule has 0 atom stereocenters. The summed E-state index contributed by atoms with van der Waals surface area (Å²) in [5.74, 6) is -4.35. The number of nitriles is 1. The Bertz CT molecular complexity index is 1650. The number of nitrogens with zero attached hydrogens (tertiary/aromatic N) is 2. The van der Waals surface area contributed by atoms with E-state index in [1.165, 1.54) is 25.1 Å². The maximum absolute atomic E-state index is 14.2. The van der Waals surface area contributed by atoms with E-state index in [1.807, 2.05) is 0 Å². The second-order valence-corrected chi connectivity index (χ2v) is 11.7. The molecular weight excluding hydrogens is 571 g/mol. The molecule has 0 bridgehead atoms. The van der Waals surface area contributed by atoms with Gasteiger partial charge >= 0.3 is 6.18 Å². The Morgan fingerprint density at radius 2 is 1.66 bits per heavy atom. The molecule has 41 heavy (non-hydrogen) atoms. The molecule has 0 aliphatic carbocycles. The number of anilines is 2. The number of carbonyl (C=O) groups excluding carboxylic acids is 2. The van der Waals surface area contributed by atoms with Crippen LogP contribution < -0.4 is 10.6 Å². The van der Waals surface area contributed by atoms with Gasteiger partial charge in [0.15, 0.2) is 9.84 Å². The predicted octanol–water partition coefficient (Wildman–Crippen LogP) is 5.14. The first-order valence-electron chi connectivity index (χ1n) is 11.9. The molecule has 0 aliphatic heterocycles. The topological polar surface area (TPSA) is 129 Å². The quantitative estimate of drug-likeness (QED) is 0.348. The highest BCUT2D eigenvalue weighted by molar-refractivity contribution is 7.91. The molecular formula is C27H23F5N4O4S. The van der Waals surface area contributed by atoms with Crippen LogP contribution in [0.1, 0.15) is 43.2 Å². The Kier molecular flexibility index (Phi) is 8.83. The lowest BCUT2D eigenvalue weighted by atomic mass is 9.80. The number of carbonyl (C=O) groups is 2. The Morgan fingerprint density at radius 1 is 0.976 bits per heavy atom. The van der Waals surface area contributed by atoms with Crippen molar-refractivity contribution < 1.29 is 40.0 Å². The van der Waals surface area contributed by atoms with Crippen molar-refractivity contribution in [3.05, 3.63) is 82.7 Å². The zero-order valence-electron chi connectivity index (χ0n) is 21.9. The molecule has 0 unspecified atom stereocenters. The Labute approximate surface area is 232 Å². The normalized spacial score (nSPS) is 12.0. The van der Waals surface area contributed by atoms with E-state index in [0.717, 1.165) is 38.2 Å². The molecule has 14 heteroatoms. The number of halogens is 5. The van der Waals surface area contributed by atoms with Crippen LogP contribution in [0.2, 0.25) is 0 Å². The molecule has 8 nitrogen and oxygen atoms in total. The lowest BCUT2D eigenvalue weighted by molar-refractivity contribution is -0.139. The van der Waals surface area contributed by atoms with Gasteiger partial charge in [-0.15, -0.1) is 0 Å². The highest BCUT2D eigenvalue weighted by atomic mass is 32.2. The number of pyridine rings is 1. The van der Waals surface area contributed by atoms with Crippen LogP contribution >= 0.6 is 0 Å². The average molecular weight is 595 g/mol. The van der Waals surface area contributed by atoms with Gasteiger partial charge in [-0.2, -0.15) is 18.4 Å². The van der Waals surface area contributed by atoms with E-state index in [2.05, 4.69) is 15.6 Å². The summed E-state index contributed by atoms with van der Waals surface area (Å²) in [4.78, 5) is 29.4. The molecule has 0 fully saturated rings. The number of rotatable bonds is 8. The van der Waals surface area contributed by atoms with Gasteiger partial charge in [0, 0.05) is 23.6 Å². The maximum Gasteiger partial charge on any atom is 0.416 e. The molecule has 0 saturated heterocycles. The van der Waals surface area contributed by atoms with Gasteiger partial charge in [-0.05, 0) is 49.7 Å². The van der Waals surface area contributed by atoms with Crippen molar-refractivity contribution in [2.45, 2.75) is 43.7 Å². The van der Waals surface area contributed by atoms with Gasteiger partial charge in [0.1, 0.15) is 17.7 Å². The summed E-state index contributed by atoms with van der Waals surface area (Å²) in [6.45, 7) is 3.78. The molecule has 2 N–H and O–H groups in total. The van der Waals surface area contributed by atoms with Crippen LogP contribution in [0.15, 0.2) is 53.6 Å². The highest BCUT2D eigenvalue weighted by Gasteiger charge is 2.41. The van der Waals surface area contributed by atoms with Crippen molar-refractivity contribution in [2.24, 2.45) is 0 Å². The van der Waals surface area contributed by atoms with E-state index in [0.29, 0.717) is 12.1 Å². The van der Waals surface area contributed by atoms with Gasteiger partial charge < -0.3 is 10.6 Å². The predicted molar refractivity (Wildman–Crippen MR) is 138 cm³/mol. The standard InChI is InChI=1S/C27H23F5N4O4S/c1-4-41(39,40)18-7-5-16(34-14-18)11-24(37)35-17-6-8-19(20(10-17)27(30,31)32)26(2,3)25(38)36-23-9-15(13-33)21(28)12-22(23)29/h5-10,12,14H,4,11H2,1-3H3,(H,35,37)(H,36,38). The van der Waals surface area contributed by atoms with E-state index < -0.39 is 67.3 Å². The monoisotopic (exact) mass is 594 g/mol. The molecule has 3 rings (SSSR count). The van der Waals surface area contributed by atoms with Crippen LogP contribution in [-0.2, 0) is 37.4 Å². The number of hydrogen-bond acceptors (Lipinski definition) is 6. The van der Waals surface area contributed by atoms with Crippen LogP contribution in [0.25, 0.3) is 0 Å². The minimum atomic E-state index is -4.97. The number of amides is 2. The number of benzene rings is 2. The summed E-state index contributed by atoms with van der Waals surface area (Å²) in [7, 11) is -3.50. The molecule has 3 aromatic rings. The minimum Gasteiger partial charge on any atom is -0.326 e. The number of sulfone groups is 1. The molecule has 0 spiro atoms. The van der Waals surface area contributed by atoms with E-state index in [4.69, 9.17) is 5.26 Å². The van der Waals surface area contributed by atoms with Crippen LogP contribution in [0.3, 0.4) is 0 Å². The fourth-order valence-electron chi connectivity index (χ4n) is 3.77. The molecule has 0 saturated carbocycles. The van der Waals surface area contributed by atoms with Crippen LogP contribution in [0.5, 0.6) is 0 Å². The molecule has 0 aliphatic rings. The molecule has 1 heterocycles. The third-order valence-electron chi connectivity index (χ3n) is 6.15. The molecule has 216 valence electrons. The molecule has 1 aromatic heterocycles. The fourth-order valence-corrected chi connectivity index (χ4v) is 4.59. The number of aromatic nitrogens is 1. The van der Waals surface area contributed by atoms with E-state index >= 15 is 0 Å². The van der Waals surface area contributed by atoms with Crippen LogP contribution in [0.4, 0.5) is 33.3 Å². The molecule has 0 radical (unpaired) electrons. The maximum atomic E-state index is 14.2. The summed E-state index contributed by atoms with van der Waals surface area (Å²) in [6.07, 6.45) is -4.24. The lowest BCUT2D eigenvalue weighted by Gasteiger charge is -2.28. The smallest absolute Gasteiger partial charge is 0.326 e. The third-order valence-corrected chi connectivity index (χ3v) is 7.87. The van der Waals surface area contributed by atoms with Crippen molar-refractivity contribution in [3.8, 4) is 6.07 Å². The SMILES string of the molecule is CCS(=O)(=O)c1ccc(CC(=O)Nc2ccc(C(C)(C)C(=O)Nc3cc(C#N)c(F)cc3F)c(C(F)(F)F)c2)nc1. The van der Waals surface area contributed by atoms with E-state index in [-0.39, 0.29) is 28.5 Å². The Balaban J connectivity index is 1.85. The molecule has 2 amide bonds. The number of alkyl halides is 3. The highest BCUT2D eigenvalue weighted by Crippen LogP contribution is 2.40. The zero-order chi connectivity index (χ0) is 30.8. The summed E-state index contributed by atoms with van der Waals surface area (Å²) < 4.78 is 93.8. The largest absolute Gasteiger partial charge is 0.416 e. The first kappa shape index (κ1) is 31.2. The van der Waals surface area contributed by atoms with Crippen molar-refractivity contribution in [3.63, 3.8) is 0 Å². The lowest BCUT2D eigenvalue weighted by Crippen LogP contribution is -2.37. The first-order valence-corrected chi connectivity index (χ1v) is 13.5. The van der Waals surface area contributed by atoms with E-state index in [9.17, 15) is 40.0 Å². The van der Waals surface area contributed by atoms with Gasteiger partial charge in [-0.25, -0.2) is 17.2 Å². The number of nitrogens with one attached hydrogen (secondary N) is 2. The summed E-state index contributed by atoms with van der Waals surface area (Å²) in [5, 5.41) is 13.4. The molecule has 2 aromatic carbocycles. The van der Waals surface area contributed by atoms with Crippen molar-refractivity contribution in [1.82, 2.24) is 4.98 Å². The third kappa shape index (κ3) is 7.04. The Morgan fingerprint density at radius 3 is 2.22 bits per heavy atom. The van der Waals surface area contributed by atoms with Gasteiger partial charge in [0.25, 0.3) is 0 Å². The van der Waals surface area contributed by atoms with Gasteiger partial charge in [0.2, 0.25) is 11.8 Å². The van der Waals surface area contributed by atoms with Gasteiger partial charge in [-0.3, -0.25) is 14.6 Å². The van der Waals surface area contributed by atoms with Gasteiger partial charge in [0.05, 0.1) is 39.3 Å². The average Bonchev–Trinajstić information content (AvgIpc) is 2.89. The summed E-state index contributed by atoms with van der Waals surface area (Å²) in [5.41, 5.74) is -4.89. The minimum absolute atomic E-state index is 0.0334. The fraction of sp³-hybridized carbons (Fsp3) is 0.259.